The van der Waals surface area contributed by atoms with Crippen molar-refractivity contribution in [2.75, 3.05) is 45.0 Å². The molecule has 2 aliphatic heterocycles. The number of nitrogens with one attached hydrogen (secondary N) is 2. The van der Waals surface area contributed by atoms with Crippen LogP contribution in [-0.2, 0) is 19.6 Å². The van der Waals surface area contributed by atoms with Crippen molar-refractivity contribution in [2.24, 2.45) is 5.92 Å². The molecule has 2 N–H and O–H groups in total. The lowest BCUT2D eigenvalue weighted by molar-refractivity contribution is -0.118. The van der Waals surface area contributed by atoms with Crippen molar-refractivity contribution in [3.8, 4) is 5.75 Å². The Kier molecular flexibility index (Phi) is 5.17. The van der Waals surface area contributed by atoms with Crippen LogP contribution >= 0.6 is 0 Å². The van der Waals surface area contributed by atoms with E-state index in [1.807, 2.05) is 0 Å². The minimum absolute atomic E-state index is 0.0930. The van der Waals surface area contributed by atoms with Gasteiger partial charge < -0.3 is 20.1 Å². The van der Waals surface area contributed by atoms with Crippen LogP contribution in [0.2, 0.25) is 0 Å². The van der Waals surface area contributed by atoms with Crippen LogP contribution in [0.5, 0.6) is 5.75 Å². The molecule has 1 saturated heterocycles. The Morgan fingerprint density at radius 2 is 2.12 bits per heavy atom. The van der Waals surface area contributed by atoms with Crippen LogP contribution in [0.4, 0.5) is 5.69 Å². The second kappa shape index (κ2) is 7.22. The number of carbonyl (C=O) groups excluding carboxylic acids is 2. The number of amides is 2. The van der Waals surface area contributed by atoms with Crippen molar-refractivity contribution >= 4 is 27.5 Å². The quantitative estimate of drug-likeness (QED) is 0.719. The van der Waals surface area contributed by atoms with E-state index in [-0.39, 0.29) is 43.3 Å². The molecule has 3 rings (SSSR count). The van der Waals surface area contributed by atoms with Crippen LogP contribution in [0, 0.1) is 5.92 Å². The van der Waals surface area contributed by atoms with E-state index in [1.165, 1.54) is 18.4 Å². The summed E-state index contributed by atoms with van der Waals surface area (Å²) in [4.78, 5) is 23.8. The van der Waals surface area contributed by atoms with Gasteiger partial charge in [0.2, 0.25) is 10.0 Å². The van der Waals surface area contributed by atoms with Gasteiger partial charge in [-0.1, -0.05) is 0 Å². The molecule has 1 aromatic rings. The minimum atomic E-state index is -3.39. The van der Waals surface area contributed by atoms with Gasteiger partial charge in [0.05, 0.1) is 30.7 Å². The molecule has 2 atom stereocenters. The van der Waals surface area contributed by atoms with Crippen LogP contribution in [-0.4, -0.2) is 70.2 Å². The summed E-state index contributed by atoms with van der Waals surface area (Å²) in [5.74, 6) is -0.588. The number of anilines is 1. The van der Waals surface area contributed by atoms with Crippen molar-refractivity contribution in [1.29, 1.82) is 0 Å². The number of sulfonamides is 1. The van der Waals surface area contributed by atoms with E-state index < -0.39 is 16.1 Å². The first-order valence-corrected chi connectivity index (χ1v) is 9.72. The second-order valence-electron chi connectivity index (χ2n) is 6.49. The number of hydrogen-bond acceptors (Lipinski definition) is 6. The van der Waals surface area contributed by atoms with E-state index in [0.29, 0.717) is 17.0 Å². The van der Waals surface area contributed by atoms with E-state index in [0.717, 1.165) is 0 Å². The van der Waals surface area contributed by atoms with E-state index in [4.69, 9.17) is 9.47 Å². The molecule has 1 fully saturated rings. The maximum atomic E-state index is 12.5. The van der Waals surface area contributed by atoms with E-state index in [9.17, 15) is 18.0 Å². The molecule has 26 heavy (non-hydrogen) atoms. The molecule has 2 heterocycles. The summed E-state index contributed by atoms with van der Waals surface area (Å²) in [5.41, 5.74) is 0.873. The molecule has 0 aromatic heterocycles. The zero-order chi connectivity index (χ0) is 18.9. The zero-order valence-electron chi connectivity index (χ0n) is 14.5. The van der Waals surface area contributed by atoms with Crippen molar-refractivity contribution in [3.63, 3.8) is 0 Å². The van der Waals surface area contributed by atoms with Crippen molar-refractivity contribution < 1.29 is 27.5 Å². The Hall–Kier alpha value is -2.17. The Bertz CT molecular complexity index is 823. The van der Waals surface area contributed by atoms with Crippen LogP contribution in [0.1, 0.15) is 10.4 Å². The molecular weight excluding hydrogens is 362 g/mol. The number of fused-ring (bicyclic) bond motifs is 1. The first-order valence-electron chi connectivity index (χ1n) is 8.12. The predicted octanol–water partition coefficient (Wildman–Crippen LogP) is -0.346. The lowest BCUT2D eigenvalue weighted by atomic mass is 10.1. The van der Waals surface area contributed by atoms with Gasteiger partial charge in [-0.2, -0.15) is 0 Å². The summed E-state index contributed by atoms with van der Waals surface area (Å²) in [6, 6.07) is 4.32. The maximum absolute atomic E-state index is 12.5. The topological polar surface area (TPSA) is 114 Å². The van der Waals surface area contributed by atoms with Gasteiger partial charge in [0.1, 0.15) is 5.75 Å². The molecule has 0 aliphatic carbocycles. The number of rotatable bonds is 5. The van der Waals surface area contributed by atoms with Crippen molar-refractivity contribution in [1.82, 2.24) is 9.62 Å². The summed E-state index contributed by atoms with van der Waals surface area (Å²) in [6.07, 6.45) is 0. The highest BCUT2D eigenvalue weighted by molar-refractivity contribution is 7.89. The van der Waals surface area contributed by atoms with E-state index in [1.54, 1.807) is 18.2 Å². The molecule has 2 aliphatic rings. The maximum Gasteiger partial charge on any atom is 0.262 e. The minimum Gasteiger partial charge on any atom is -0.482 e. The third kappa shape index (κ3) is 3.97. The summed E-state index contributed by atoms with van der Waals surface area (Å²) in [6.45, 7) is 0.438. The Balaban J connectivity index is 1.68. The number of nitrogens with zero attached hydrogens (tertiary/aromatic N) is 1. The Morgan fingerprint density at radius 3 is 2.85 bits per heavy atom. The molecule has 0 unspecified atom stereocenters. The highest BCUT2D eigenvalue weighted by Gasteiger charge is 2.34. The van der Waals surface area contributed by atoms with E-state index >= 15 is 0 Å². The van der Waals surface area contributed by atoms with E-state index in [2.05, 4.69) is 10.6 Å². The summed E-state index contributed by atoms with van der Waals surface area (Å²) in [5, 5.41) is 5.49. The van der Waals surface area contributed by atoms with Gasteiger partial charge in [0.25, 0.3) is 11.8 Å². The monoisotopic (exact) mass is 383 g/mol. The van der Waals surface area contributed by atoms with Gasteiger partial charge in [-0.05, 0) is 18.2 Å². The average molecular weight is 383 g/mol. The van der Waals surface area contributed by atoms with Gasteiger partial charge in [0, 0.05) is 25.6 Å². The molecule has 2 amide bonds. The smallest absolute Gasteiger partial charge is 0.262 e. The molecule has 0 saturated carbocycles. The second-order valence-corrected chi connectivity index (χ2v) is 8.71. The Morgan fingerprint density at radius 1 is 1.35 bits per heavy atom. The number of hydrogen-bond donors (Lipinski definition) is 2. The SMILES string of the molecule is CN(C)S(=O)(=O)C[C@@H]1COC[C@H]1NC(=O)c1ccc2c(c1)OCC(=O)N2. The molecule has 0 radical (unpaired) electrons. The summed E-state index contributed by atoms with van der Waals surface area (Å²) >= 11 is 0. The standard InChI is InChI=1S/C16H21N3O6S/c1-19(2)26(22,23)9-11-6-24-7-13(11)18-16(21)10-3-4-12-14(5-10)25-8-15(20)17-12/h3-5,11,13H,6-9H2,1-2H3,(H,17,20)(H,18,21)/t11-,13+/m0/s1. The van der Waals surface area contributed by atoms with Crippen LogP contribution in [0.15, 0.2) is 18.2 Å². The van der Waals surface area contributed by atoms with Crippen molar-refractivity contribution in [3.05, 3.63) is 23.8 Å². The molecule has 10 heteroatoms. The van der Waals surface area contributed by atoms with Gasteiger partial charge in [-0.3, -0.25) is 9.59 Å². The molecule has 0 spiro atoms. The van der Waals surface area contributed by atoms with Gasteiger partial charge in [-0.25, -0.2) is 12.7 Å². The number of benzene rings is 1. The molecule has 142 valence electrons. The molecule has 1 aromatic carbocycles. The summed E-state index contributed by atoms with van der Waals surface area (Å²) in [7, 11) is -0.437. The highest BCUT2D eigenvalue weighted by atomic mass is 32.2. The third-order valence-corrected chi connectivity index (χ3v) is 6.33. The number of ether oxygens (including phenoxy) is 2. The normalized spacial score (nSPS) is 22.5. The molecular formula is C16H21N3O6S. The first-order chi connectivity index (χ1) is 12.3. The fraction of sp³-hybridized carbons (Fsp3) is 0.500. The van der Waals surface area contributed by atoms with Crippen LogP contribution < -0.4 is 15.4 Å². The van der Waals surface area contributed by atoms with Gasteiger partial charge in [0.15, 0.2) is 6.61 Å². The Labute approximate surface area is 151 Å². The molecule has 0 bridgehead atoms. The first kappa shape index (κ1) is 18.6. The largest absolute Gasteiger partial charge is 0.482 e. The van der Waals surface area contributed by atoms with Gasteiger partial charge in [-0.15, -0.1) is 0 Å². The van der Waals surface area contributed by atoms with Crippen LogP contribution in [0.25, 0.3) is 0 Å². The van der Waals surface area contributed by atoms with Crippen molar-refractivity contribution in [2.45, 2.75) is 6.04 Å². The predicted molar refractivity (Wildman–Crippen MR) is 93.6 cm³/mol. The third-order valence-electron chi connectivity index (χ3n) is 4.37. The average Bonchev–Trinajstić information content (AvgIpc) is 3.00. The fourth-order valence-corrected chi connectivity index (χ4v) is 3.98. The highest BCUT2D eigenvalue weighted by Crippen LogP contribution is 2.28. The lowest BCUT2D eigenvalue weighted by Gasteiger charge is -2.22. The lowest BCUT2D eigenvalue weighted by Crippen LogP contribution is -2.43. The molecule has 9 nitrogen and oxygen atoms in total. The number of carbonyl (C=O) groups is 2. The zero-order valence-corrected chi connectivity index (χ0v) is 15.3. The summed E-state index contributed by atoms with van der Waals surface area (Å²) < 4.78 is 36.0. The van der Waals surface area contributed by atoms with Crippen LogP contribution in [0.3, 0.4) is 0 Å². The fourth-order valence-electron chi connectivity index (χ4n) is 2.81. The van der Waals surface area contributed by atoms with Gasteiger partial charge >= 0.3 is 0 Å².